The summed E-state index contributed by atoms with van der Waals surface area (Å²) in [6, 6.07) is 7.40. The van der Waals surface area contributed by atoms with E-state index in [4.69, 9.17) is 10.5 Å². The number of hydrogen-bond donors (Lipinski definition) is 2. The van der Waals surface area contributed by atoms with Crippen molar-refractivity contribution < 1.29 is 9.53 Å². The maximum atomic E-state index is 11.6. The molecule has 0 aromatic heterocycles. The lowest BCUT2D eigenvalue weighted by atomic mass is 10.3. The van der Waals surface area contributed by atoms with Crippen LogP contribution >= 0.6 is 0 Å². The molecule has 0 aliphatic rings. The first-order valence-corrected chi connectivity index (χ1v) is 5.91. The van der Waals surface area contributed by atoms with Crippen LogP contribution in [0.1, 0.15) is 6.92 Å². The van der Waals surface area contributed by atoms with Gasteiger partial charge < -0.3 is 20.7 Å². The summed E-state index contributed by atoms with van der Waals surface area (Å²) >= 11 is 0. The highest BCUT2D eigenvalue weighted by molar-refractivity contribution is 5.77. The molecule has 0 radical (unpaired) electrons. The van der Waals surface area contributed by atoms with Crippen molar-refractivity contribution in [2.75, 3.05) is 33.0 Å². The van der Waals surface area contributed by atoms with E-state index >= 15 is 0 Å². The maximum absolute atomic E-state index is 11.6. The Hall–Kier alpha value is -1.75. The van der Waals surface area contributed by atoms with E-state index in [0.29, 0.717) is 18.0 Å². The van der Waals surface area contributed by atoms with Crippen LogP contribution in [0.15, 0.2) is 24.3 Å². The SMILES string of the molecule is CC(CNC(=O)COc1ccccc1N)N(C)C. The van der Waals surface area contributed by atoms with E-state index in [1.165, 1.54) is 0 Å². The summed E-state index contributed by atoms with van der Waals surface area (Å²) in [5.74, 6) is 0.389. The molecule has 1 atom stereocenters. The highest BCUT2D eigenvalue weighted by Gasteiger charge is 2.08. The zero-order valence-electron chi connectivity index (χ0n) is 11.1. The Kier molecular flexibility index (Phi) is 5.45. The smallest absolute Gasteiger partial charge is 0.257 e. The molecule has 18 heavy (non-hydrogen) atoms. The largest absolute Gasteiger partial charge is 0.482 e. The van der Waals surface area contributed by atoms with Crippen LogP contribution < -0.4 is 15.8 Å². The van der Waals surface area contributed by atoms with E-state index in [0.717, 1.165) is 0 Å². The van der Waals surface area contributed by atoms with Gasteiger partial charge in [-0.25, -0.2) is 0 Å². The number of rotatable bonds is 6. The number of nitrogens with zero attached hydrogens (tertiary/aromatic N) is 1. The molecule has 1 amide bonds. The number of carbonyl (C=O) groups is 1. The van der Waals surface area contributed by atoms with E-state index in [1.54, 1.807) is 12.1 Å². The minimum atomic E-state index is -0.146. The fraction of sp³-hybridized carbons (Fsp3) is 0.462. The van der Waals surface area contributed by atoms with Gasteiger partial charge in [0.15, 0.2) is 6.61 Å². The fourth-order valence-corrected chi connectivity index (χ4v) is 1.25. The van der Waals surface area contributed by atoms with E-state index in [2.05, 4.69) is 5.32 Å². The Labute approximate surface area is 108 Å². The lowest BCUT2D eigenvalue weighted by Crippen LogP contribution is -2.40. The van der Waals surface area contributed by atoms with Crippen LogP contribution in [0.25, 0.3) is 0 Å². The Morgan fingerprint density at radius 2 is 2.11 bits per heavy atom. The number of anilines is 1. The minimum absolute atomic E-state index is 0.0195. The van der Waals surface area contributed by atoms with E-state index < -0.39 is 0 Å². The van der Waals surface area contributed by atoms with Gasteiger partial charge in [0, 0.05) is 12.6 Å². The zero-order chi connectivity index (χ0) is 13.5. The normalized spacial score (nSPS) is 12.2. The number of likely N-dealkylation sites (N-methyl/N-ethyl adjacent to an activating group) is 1. The van der Waals surface area contributed by atoms with Gasteiger partial charge in [-0.3, -0.25) is 4.79 Å². The number of nitrogens with one attached hydrogen (secondary N) is 1. The summed E-state index contributed by atoms with van der Waals surface area (Å²) in [7, 11) is 3.94. The van der Waals surface area contributed by atoms with Crippen LogP contribution in [0, 0.1) is 0 Å². The van der Waals surface area contributed by atoms with Crippen molar-refractivity contribution in [3.8, 4) is 5.75 Å². The summed E-state index contributed by atoms with van der Waals surface area (Å²) in [5.41, 5.74) is 6.24. The summed E-state index contributed by atoms with van der Waals surface area (Å²) in [6.45, 7) is 2.62. The molecule has 5 heteroatoms. The Bertz CT molecular complexity index is 394. The zero-order valence-corrected chi connectivity index (χ0v) is 11.1. The highest BCUT2D eigenvalue weighted by atomic mass is 16.5. The molecule has 5 nitrogen and oxygen atoms in total. The molecule has 1 unspecified atom stereocenters. The van der Waals surface area contributed by atoms with E-state index in [1.807, 2.05) is 38.1 Å². The second-order valence-corrected chi connectivity index (χ2v) is 4.44. The average molecular weight is 251 g/mol. The topological polar surface area (TPSA) is 67.6 Å². The van der Waals surface area contributed by atoms with Gasteiger partial charge in [0.1, 0.15) is 5.75 Å². The average Bonchev–Trinajstić information content (AvgIpc) is 2.34. The van der Waals surface area contributed by atoms with Crippen molar-refractivity contribution in [3.05, 3.63) is 24.3 Å². The van der Waals surface area contributed by atoms with Gasteiger partial charge in [-0.15, -0.1) is 0 Å². The molecule has 0 saturated carbocycles. The van der Waals surface area contributed by atoms with Crippen LogP contribution in [0.3, 0.4) is 0 Å². The van der Waals surface area contributed by atoms with Crippen LogP contribution in [0.4, 0.5) is 5.69 Å². The minimum Gasteiger partial charge on any atom is -0.482 e. The standard InChI is InChI=1S/C13H21N3O2/c1-10(16(2)3)8-15-13(17)9-18-12-7-5-4-6-11(12)14/h4-7,10H,8-9,14H2,1-3H3,(H,15,17). The number of nitrogen functional groups attached to an aromatic ring is 1. The number of nitrogens with two attached hydrogens (primary N) is 1. The first kappa shape index (κ1) is 14.3. The summed E-state index contributed by atoms with van der Waals surface area (Å²) in [6.07, 6.45) is 0. The van der Waals surface area contributed by atoms with Crippen LogP contribution in [0.5, 0.6) is 5.75 Å². The van der Waals surface area contributed by atoms with Crippen molar-refractivity contribution in [1.29, 1.82) is 0 Å². The van der Waals surface area contributed by atoms with Gasteiger partial charge in [-0.2, -0.15) is 0 Å². The van der Waals surface area contributed by atoms with Crippen molar-refractivity contribution in [1.82, 2.24) is 10.2 Å². The number of ether oxygens (including phenoxy) is 1. The van der Waals surface area contributed by atoms with Gasteiger partial charge in [0.05, 0.1) is 5.69 Å². The molecule has 1 aromatic rings. The molecule has 0 bridgehead atoms. The van der Waals surface area contributed by atoms with Gasteiger partial charge in [0.2, 0.25) is 0 Å². The molecule has 0 aliphatic heterocycles. The molecule has 0 saturated heterocycles. The molecule has 3 N–H and O–H groups in total. The van der Waals surface area contributed by atoms with Gasteiger partial charge in [0.25, 0.3) is 5.91 Å². The van der Waals surface area contributed by atoms with E-state index in [-0.39, 0.29) is 18.6 Å². The third-order valence-corrected chi connectivity index (χ3v) is 2.75. The molecule has 1 rings (SSSR count). The molecular weight excluding hydrogens is 230 g/mol. The molecule has 1 aromatic carbocycles. The third-order valence-electron chi connectivity index (χ3n) is 2.75. The van der Waals surface area contributed by atoms with Crippen molar-refractivity contribution in [2.24, 2.45) is 0 Å². The van der Waals surface area contributed by atoms with Gasteiger partial charge >= 0.3 is 0 Å². The Morgan fingerprint density at radius 1 is 1.44 bits per heavy atom. The Balaban J connectivity index is 2.32. The number of hydrogen-bond acceptors (Lipinski definition) is 4. The first-order valence-electron chi connectivity index (χ1n) is 5.91. The molecular formula is C13H21N3O2. The van der Waals surface area contributed by atoms with Crippen LogP contribution in [-0.4, -0.2) is 44.1 Å². The number of benzene rings is 1. The van der Waals surface area contributed by atoms with Crippen molar-refractivity contribution >= 4 is 11.6 Å². The van der Waals surface area contributed by atoms with Crippen LogP contribution in [-0.2, 0) is 4.79 Å². The third kappa shape index (κ3) is 4.63. The molecule has 100 valence electrons. The quantitative estimate of drug-likeness (QED) is 0.731. The fourth-order valence-electron chi connectivity index (χ4n) is 1.25. The summed E-state index contributed by atoms with van der Waals surface area (Å²) in [5, 5.41) is 2.81. The predicted octanol–water partition coefficient (Wildman–Crippen LogP) is 0.714. The lowest BCUT2D eigenvalue weighted by molar-refractivity contribution is -0.123. The van der Waals surface area contributed by atoms with Gasteiger partial charge in [-0.1, -0.05) is 12.1 Å². The van der Waals surface area contributed by atoms with Crippen LogP contribution in [0.2, 0.25) is 0 Å². The van der Waals surface area contributed by atoms with E-state index in [9.17, 15) is 4.79 Å². The van der Waals surface area contributed by atoms with Crippen molar-refractivity contribution in [2.45, 2.75) is 13.0 Å². The van der Waals surface area contributed by atoms with Gasteiger partial charge in [-0.05, 0) is 33.2 Å². The lowest BCUT2D eigenvalue weighted by Gasteiger charge is -2.20. The number of carbonyl (C=O) groups excluding carboxylic acids is 1. The maximum Gasteiger partial charge on any atom is 0.257 e. The first-order chi connectivity index (χ1) is 8.50. The summed E-state index contributed by atoms with van der Waals surface area (Å²) in [4.78, 5) is 13.6. The second-order valence-electron chi connectivity index (χ2n) is 4.44. The monoisotopic (exact) mass is 251 g/mol. The second kappa shape index (κ2) is 6.86. The summed E-state index contributed by atoms with van der Waals surface area (Å²) < 4.78 is 5.34. The molecule has 0 heterocycles. The van der Waals surface area contributed by atoms with Crippen molar-refractivity contribution in [3.63, 3.8) is 0 Å². The number of para-hydroxylation sites is 2. The number of amides is 1. The molecule has 0 spiro atoms. The highest BCUT2D eigenvalue weighted by Crippen LogP contribution is 2.19. The molecule has 0 fully saturated rings. The predicted molar refractivity (Wildman–Crippen MR) is 72.5 cm³/mol. The molecule has 0 aliphatic carbocycles. The Morgan fingerprint density at radius 3 is 2.72 bits per heavy atom.